The van der Waals surface area contributed by atoms with Gasteiger partial charge in [-0.15, -0.1) is 0 Å². The Morgan fingerprint density at radius 1 is 0.979 bits per heavy atom. The predicted molar refractivity (Wildman–Crippen MR) is 203 cm³/mol. The van der Waals surface area contributed by atoms with E-state index in [0.717, 1.165) is 35.8 Å². The van der Waals surface area contributed by atoms with E-state index in [1.165, 1.54) is 25.7 Å². The maximum Gasteiger partial charge on any atom is 0.254 e. The quantitative estimate of drug-likeness (QED) is 0.183. The molecule has 4 rings (SSSR count). The maximum absolute atomic E-state index is 14.8. The fourth-order valence-electron chi connectivity index (χ4n) is 5.53. The zero-order valence-corrected chi connectivity index (χ0v) is 30.8. The SMILES string of the molecule is CC.CCCCCC.CCCN(C(=O)c1cc(NCC2=C(F)C(Cl)=CC=CC2)nc2ccc(-c3ccc(C#N)cc3)cc12)C(CC)CC. The van der Waals surface area contributed by atoms with Crippen molar-refractivity contribution in [3.63, 3.8) is 0 Å². The molecule has 258 valence electrons. The zero-order valence-electron chi connectivity index (χ0n) is 30.0. The third kappa shape index (κ3) is 11.3. The monoisotopic (exact) mass is 672 g/mol. The molecule has 7 heteroatoms. The lowest BCUT2D eigenvalue weighted by Crippen LogP contribution is -2.40. The average molecular weight is 673 g/mol. The van der Waals surface area contributed by atoms with E-state index >= 15 is 0 Å². The molecule has 1 aromatic heterocycles. The number of halogens is 2. The largest absolute Gasteiger partial charge is 0.366 e. The lowest BCUT2D eigenvalue weighted by molar-refractivity contribution is 0.0669. The van der Waals surface area contributed by atoms with Gasteiger partial charge in [0.2, 0.25) is 0 Å². The van der Waals surface area contributed by atoms with Crippen molar-refractivity contribution < 1.29 is 9.18 Å². The molecule has 0 unspecified atom stereocenters. The first-order chi connectivity index (χ1) is 23.3. The van der Waals surface area contributed by atoms with Crippen LogP contribution in [0.3, 0.4) is 0 Å². The normalized spacial score (nSPS) is 12.3. The summed E-state index contributed by atoms with van der Waals surface area (Å²) in [5.74, 6) is 0.0134. The molecule has 1 amide bonds. The van der Waals surface area contributed by atoms with Gasteiger partial charge in [0, 0.05) is 24.5 Å². The van der Waals surface area contributed by atoms with Crippen LogP contribution in [0.5, 0.6) is 0 Å². The van der Waals surface area contributed by atoms with E-state index in [9.17, 15) is 14.4 Å². The van der Waals surface area contributed by atoms with Crippen LogP contribution in [-0.4, -0.2) is 34.9 Å². The zero-order chi connectivity index (χ0) is 35.5. The van der Waals surface area contributed by atoms with Crippen molar-refractivity contribution in [2.45, 2.75) is 106 Å². The molecule has 0 aliphatic heterocycles. The van der Waals surface area contributed by atoms with Gasteiger partial charge < -0.3 is 10.2 Å². The summed E-state index contributed by atoms with van der Waals surface area (Å²) in [7, 11) is 0. The second-order valence-corrected chi connectivity index (χ2v) is 12.0. The fourth-order valence-corrected chi connectivity index (χ4v) is 5.73. The Morgan fingerprint density at radius 2 is 1.62 bits per heavy atom. The Hall–Kier alpha value is -3.95. The third-order valence-electron chi connectivity index (χ3n) is 8.20. The molecule has 5 nitrogen and oxygen atoms in total. The number of amides is 1. The third-order valence-corrected chi connectivity index (χ3v) is 8.49. The minimum atomic E-state index is -0.439. The van der Waals surface area contributed by atoms with Crippen molar-refractivity contribution in [3.05, 3.63) is 94.3 Å². The summed E-state index contributed by atoms with van der Waals surface area (Å²) in [6.45, 7) is 15.6. The van der Waals surface area contributed by atoms with Crippen molar-refractivity contribution in [1.29, 1.82) is 5.26 Å². The summed E-state index contributed by atoms with van der Waals surface area (Å²) in [6.07, 6.45) is 13.7. The highest BCUT2D eigenvalue weighted by molar-refractivity contribution is 6.31. The number of unbranched alkanes of at least 4 members (excludes halogenated alkanes) is 3. The summed E-state index contributed by atoms with van der Waals surface area (Å²) in [4.78, 5) is 20.9. The van der Waals surface area contributed by atoms with Gasteiger partial charge in [0.1, 0.15) is 11.6 Å². The van der Waals surface area contributed by atoms with Gasteiger partial charge in [-0.3, -0.25) is 4.79 Å². The Bertz CT molecular complexity index is 1580. The summed E-state index contributed by atoms with van der Waals surface area (Å²) < 4.78 is 14.8. The molecule has 0 radical (unpaired) electrons. The first kappa shape index (κ1) is 40.2. The van der Waals surface area contributed by atoms with Crippen LogP contribution in [0.2, 0.25) is 0 Å². The van der Waals surface area contributed by atoms with Gasteiger partial charge in [0.05, 0.1) is 27.7 Å². The number of aromatic nitrogens is 1. The van der Waals surface area contributed by atoms with Crippen LogP contribution in [0.15, 0.2) is 83.2 Å². The summed E-state index contributed by atoms with van der Waals surface area (Å²) in [5.41, 5.74) is 4.20. The molecule has 0 bridgehead atoms. The second-order valence-electron chi connectivity index (χ2n) is 11.6. The van der Waals surface area contributed by atoms with E-state index in [2.05, 4.69) is 46.0 Å². The van der Waals surface area contributed by atoms with E-state index in [4.69, 9.17) is 16.6 Å². The lowest BCUT2D eigenvalue weighted by atomic mass is 9.98. The number of pyridine rings is 1. The van der Waals surface area contributed by atoms with Crippen LogP contribution in [0.1, 0.15) is 116 Å². The van der Waals surface area contributed by atoms with E-state index in [0.29, 0.717) is 41.0 Å². The highest BCUT2D eigenvalue weighted by atomic mass is 35.5. The highest BCUT2D eigenvalue weighted by Gasteiger charge is 2.25. The number of fused-ring (bicyclic) bond motifs is 1. The Kier molecular flexibility index (Phi) is 18.3. The molecule has 1 heterocycles. The Balaban J connectivity index is 0.000000901. The predicted octanol–water partition coefficient (Wildman–Crippen LogP) is 12.1. The number of nitrogens with one attached hydrogen (secondary N) is 1. The van der Waals surface area contributed by atoms with Crippen molar-refractivity contribution in [2.24, 2.45) is 0 Å². The molecular weight excluding hydrogens is 619 g/mol. The number of hydrogen-bond donors (Lipinski definition) is 1. The number of rotatable bonds is 13. The number of anilines is 1. The molecular formula is C41H54ClFN4O. The van der Waals surface area contributed by atoms with Crippen LogP contribution < -0.4 is 5.32 Å². The molecule has 48 heavy (non-hydrogen) atoms. The first-order valence-corrected chi connectivity index (χ1v) is 18.1. The molecule has 0 fully saturated rings. The van der Waals surface area contributed by atoms with Crippen molar-refractivity contribution >= 4 is 34.2 Å². The van der Waals surface area contributed by atoms with Crippen molar-refractivity contribution in [3.8, 4) is 17.2 Å². The van der Waals surface area contributed by atoms with Crippen LogP contribution in [-0.2, 0) is 0 Å². The molecule has 1 N–H and O–H groups in total. The van der Waals surface area contributed by atoms with Crippen molar-refractivity contribution in [2.75, 3.05) is 18.4 Å². The smallest absolute Gasteiger partial charge is 0.254 e. The van der Waals surface area contributed by atoms with E-state index in [1.807, 2.05) is 55.2 Å². The van der Waals surface area contributed by atoms with Crippen LogP contribution in [0.25, 0.3) is 22.0 Å². The molecule has 1 aliphatic rings. The maximum atomic E-state index is 14.8. The summed E-state index contributed by atoms with van der Waals surface area (Å²) in [6, 6.07) is 17.3. The minimum Gasteiger partial charge on any atom is -0.366 e. The number of nitrogens with zero attached hydrogens (tertiary/aromatic N) is 3. The summed E-state index contributed by atoms with van der Waals surface area (Å²) in [5, 5.41) is 13.2. The van der Waals surface area contributed by atoms with Gasteiger partial charge in [-0.25, -0.2) is 9.37 Å². The van der Waals surface area contributed by atoms with E-state index in [1.54, 1.807) is 30.4 Å². The van der Waals surface area contributed by atoms with E-state index < -0.39 is 5.83 Å². The topological polar surface area (TPSA) is 69.0 Å². The molecule has 0 atom stereocenters. The van der Waals surface area contributed by atoms with Crippen LogP contribution in [0, 0.1) is 11.3 Å². The molecule has 0 spiro atoms. The van der Waals surface area contributed by atoms with Gasteiger partial charge in [0.25, 0.3) is 5.91 Å². The number of hydrogen-bond acceptors (Lipinski definition) is 4. The number of allylic oxidation sites excluding steroid dienone is 5. The fraction of sp³-hybridized carbons (Fsp3) is 0.439. The Morgan fingerprint density at radius 3 is 2.21 bits per heavy atom. The van der Waals surface area contributed by atoms with Gasteiger partial charge in [-0.2, -0.15) is 5.26 Å². The van der Waals surface area contributed by atoms with Crippen LogP contribution in [0.4, 0.5) is 10.2 Å². The average Bonchev–Trinajstić information content (AvgIpc) is 3.29. The lowest BCUT2D eigenvalue weighted by Gasteiger charge is -2.31. The molecule has 0 saturated carbocycles. The van der Waals surface area contributed by atoms with Gasteiger partial charge in [-0.05, 0) is 78.8 Å². The molecule has 1 aliphatic carbocycles. The van der Waals surface area contributed by atoms with Gasteiger partial charge in [-0.1, -0.05) is 116 Å². The standard InChI is InChI=1S/C33H34ClFN4O.C6H14.C2H6/c1-4-17-39(26(5-2)6-3)33(40)28-19-31(37-21-25-9-7-8-10-29(34)32(25)35)38-30-16-15-24(18-27(28)30)23-13-11-22(20-36)12-14-23;1-3-5-6-4-2;1-2/h7-8,10-16,18-19,26H,4-6,9,17,21H2,1-3H3,(H,37,38);3-6H2,1-2H3;1-2H3. The summed E-state index contributed by atoms with van der Waals surface area (Å²) >= 11 is 6.06. The first-order valence-electron chi connectivity index (χ1n) is 17.7. The highest BCUT2D eigenvalue weighted by Crippen LogP contribution is 2.30. The number of nitriles is 1. The van der Waals surface area contributed by atoms with Crippen LogP contribution >= 0.6 is 11.6 Å². The Labute approximate surface area is 293 Å². The molecule has 0 saturated heterocycles. The number of carbonyl (C=O) groups is 1. The van der Waals surface area contributed by atoms with E-state index in [-0.39, 0.29) is 23.5 Å². The van der Waals surface area contributed by atoms with Gasteiger partial charge in [0.15, 0.2) is 0 Å². The number of carbonyl (C=O) groups excluding carboxylic acids is 1. The molecule has 3 aromatic rings. The number of benzene rings is 2. The van der Waals surface area contributed by atoms with Crippen molar-refractivity contribution in [1.82, 2.24) is 9.88 Å². The van der Waals surface area contributed by atoms with Gasteiger partial charge >= 0.3 is 0 Å². The molecule has 2 aromatic carbocycles. The minimum absolute atomic E-state index is 0.0447. The second kappa shape index (κ2) is 21.8.